The van der Waals surface area contributed by atoms with Crippen molar-refractivity contribution >= 4 is 11.8 Å². The Kier molecular flexibility index (Phi) is 4.24. The summed E-state index contributed by atoms with van der Waals surface area (Å²) >= 11 is 0. The highest BCUT2D eigenvalue weighted by Gasteiger charge is 2.19. The molecule has 0 spiro atoms. The number of piperazine rings is 1. The maximum atomic E-state index is 5.82. The third-order valence-corrected chi connectivity index (χ3v) is 4.18. The highest BCUT2D eigenvalue weighted by molar-refractivity contribution is 5.51. The molecule has 22 heavy (non-hydrogen) atoms. The summed E-state index contributed by atoms with van der Waals surface area (Å²) in [4.78, 5) is 13.4. The molecule has 2 aromatic rings. The molecule has 0 radical (unpaired) electrons. The molecule has 0 amide bonds. The number of aryl methyl sites for hydroxylation is 1. The monoisotopic (exact) mass is 297 g/mol. The van der Waals surface area contributed by atoms with E-state index >= 15 is 0 Å². The molecule has 1 saturated heterocycles. The summed E-state index contributed by atoms with van der Waals surface area (Å²) in [5.41, 5.74) is 9.50. The summed E-state index contributed by atoms with van der Waals surface area (Å²) in [7, 11) is 2.15. The molecule has 2 N–H and O–H groups in total. The number of aromatic nitrogens is 2. The van der Waals surface area contributed by atoms with Crippen LogP contribution in [0.1, 0.15) is 16.7 Å². The van der Waals surface area contributed by atoms with Crippen LogP contribution in [-0.2, 0) is 6.42 Å². The molecule has 116 valence electrons. The summed E-state index contributed by atoms with van der Waals surface area (Å²) in [5, 5.41) is 0. The second-order valence-corrected chi connectivity index (χ2v) is 6.03. The maximum absolute atomic E-state index is 5.82. The minimum absolute atomic E-state index is 0.349. The first-order valence-electron chi connectivity index (χ1n) is 7.72. The Morgan fingerprint density at radius 1 is 1.09 bits per heavy atom. The van der Waals surface area contributed by atoms with Crippen LogP contribution in [0.25, 0.3) is 0 Å². The molecule has 1 aliphatic rings. The Bertz CT molecular complexity index is 630. The second kappa shape index (κ2) is 6.32. The van der Waals surface area contributed by atoms with Gasteiger partial charge in [0, 0.05) is 44.4 Å². The number of hydrogen-bond donors (Lipinski definition) is 1. The van der Waals surface area contributed by atoms with E-state index in [-0.39, 0.29) is 0 Å². The topological polar surface area (TPSA) is 58.3 Å². The van der Waals surface area contributed by atoms with Crippen LogP contribution in [0.2, 0.25) is 0 Å². The molecule has 5 heteroatoms. The Hall–Kier alpha value is -2.14. The number of benzene rings is 1. The fourth-order valence-corrected chi connectivity index (χ4v) is 2.75. The van der Waals surface area contributed by atoms with E-state index in [2.05, 4.69) is 58.0 Å². The molecule has 1 fully saturated rings. The van der Waals surface area contributed by atoms with Crippen LogP contribution in [0.5, 0.6) is 0 Å². The molecule has 5 nitrogen and oxygen atoms in total. The van der Waals surface area contributed by atoms with Gasteiger partial charge in [0.2, 0.25) is 5.95 Å². The largest absolute Gasteiger partial charge is 0.368 e. The van der Waals surface area contributed by atoms with E-state index in [9.17, 15) is 0 Å². The zero-order valence-electron chi connectivity index (χ0n) is 13.3. The van der Waals surface area contributed by atoms with Gasteiger partial charge in [0.15, 0.2) is 0 Å². The van der Waals surface area contributed by atoms with Crippen molar-refractivity contribution in [3.05, 3.63) is 47.2 Å². The molecule has 0 bridgehead atoms. The SMILES string of the molecule is Cc1ccc(Cc2cnc(N)nc2N2CCN(C)CC2)cc1. The van der Waals surface area contributed by atoms with Crippen molar-refractivity contribution in [3.8, 4) is 0 Å². The van der Waals surface area contributed by atoms with Gasteiger partial charge in [0.1, 0.15) is 5.82 Å². The highest BCUT2D eigenvalue weighted by atomic mass is 15.3. The Labute approximate surface area is 131 Å². The molecule has 3 rings (SSSR count). The zero-order chi connectivity index (χ0) is 15.5. The van der Waals surface area contributed by atoms with Gasteiger partial charge in [-0.2, -0.15) is 4.98 Å². The number of nitrogens with two attached hydrogens (primary N) is 1. The minimum Gasteiger partial charge on any atom is -0.368 e. The van der Waals surface area contributed by atoms with Gasteiger partial charge in [-0.05, 0) is 19.5 Å². The van der Waals surface area contributed by atoms with E-state index in [1.165, 1.54) is 11.1 Å². The van der Waals surface area contributed by atoms with Gasteiger partial charge in [-0.15, -0.1) is 0 Å². The van der Waals surface area contributed by atoms with Crippen LogP contribution in [0.15, 0.2) is 30.5 Å². The van der Waals surface area contributed by atoms with Crippen molar-refractivity contribution in [2.45, 2.75) is 13.3 Å². The average Bonchev–Trinajstić information content (AvgIpc) is 2.52. The van der Waals surface area contributed by atoms with Gasteiger partial charge < -0.3 is 15.5 Å². The quantitative estimate of drug-likeness (QED) is 0.934. The standard InChI is InChI=1S/C17H23N5/c1-13-3-5-14(6-4-13)11-15-12-19-17(18)20-16(15)22-9-7-21(2)8-10-22/h3-6,12H,7-11H2,1-2H3,(H2,18,19,20). The number of likely N-dealkylation sites (N-methyl/N-ethyl adjacent to an activating group) is 1. The predicted octanol–water partition coefficient (Wildman–Crippen LogP) is 1.71. The summed E-state index contributed by atoms with van der Waals surface area (Å²) in [6, 6.07) is 8.62. The van der Waals surface area contributed by atoms with Crippen LogP contribution >= 0.6 is 0 Å². The van der Waals surface area contributed by atoms with Gasteiger partial charge >= 0.3 is 0 Å². The number of nitrogens with zero attached hydrogens (tertiary/aromatic N) is 4. The first-order chi connectivity index (χ1) is 10.6. The maximum Gasteiger partial charge on any atom is 0.221 e. The van der Waals surface area contributed by atoms with Gasteiger partial charge in [0.25, 0.3) is 0 Å². The molecule has 1 aromatic heterocycles. The Morgan fingerprint density at radius 3 is 2.45 bits per heavy atom. The summed E-state index contributed by atoms with van der Waals surface area (Å²) in [5.74, 6) is 1.34. The van der Waals surface area contributed by atoms with Crippen molar-refractivity contribution < 1.29 is 0 Å². The summed E-state index contributed by atoms with van der Waals surface area (Å²) in [6.07, 6.45) is 2.71. The van der Waals surface area contributed by atoms with E-state index in [1.54, 1.807) is 0 Å². The average molecular weight is 297 g/mol. The molecule has 0 unspecified atom stereocenters. The molecule has 1 aliphatic heterocycles. The third-order valence-electron chi connectivity index (χ3n) is 4.18. The molecule has 0 atom stereocenters. The van der Waals surface area contributed by atoms with Crippen molar-refractivity contribution in [2.75, 3.05) is 43.9 Å². The molecule has 0 saturated carbocycles. The Balaban J connectivity index is 1.85. The van der Waals surface area contributed by atoms with Crippen molar-refractivity contribution in [3.63, 3.8) is 0 Å². The summed E-state index contributed by atoms with van der Waals surface area (Å²) < 4.78 is 0. The summed E-state index contributed by atoms with van der Waals surface area (Å²) in [6.45, 7) is 6.16. The lowest BCUT2D eigenvalue weighted by Gasteiger charge is -2.34. The van der Waals surface area contributed by atoms with Crippen molar-refractivity contribution in [2.24, 2.45) is 0 Å². The molecular formula is C17H23N5. The van der Waals surface area contributed by atoms with E-state index in [0.29, 0.717) is 5.95 Å². The number of rotatable bonds is 3. The zero-order valence-corrected chi connectivity index (χ0v) is 13.3. The van der Waals surface area contributed by atoms with Crippen molar-refractivity contribution in [1.29, 1.82) is 0 Å². The molecule has 0 aliphatic carbocycles. The Morgan fingerprint density at radius 2 is 1.77 bits per heavy atom. The van der Waals surface area contributed by atoms with Crippen LogP contribution in [0.4, 0.5) is 11.8 Å². The van der Waals surface area contributed by atoms with E-state index in [0.717, 1.165) is 44.0 Å². The van der Waals surface area contributed by atoms with Crippen molar-refractivity contribution in [1.82, 2.24) is 14.9 Å². The lowest BCUT2D eigenvalue weighted by molar-refractivity contribution is 0.312. The van der Waals surface area contributed by atoms with E-state index in [1.807, 2.05) is 6.20 Å². The first kappa shape index (κ1) is 14.8. The van der Waals surface area contributed by atoms with Crippen LogP contribution in [-0.4, -0.2) is 48.1 Å². The van der Waals surface area contributed by atoms with Gasteiger partial charge in [-0.3, -0.25) is 0 Å². The van der Waals surface area contributed by atoms with E-state index < -0.39 is 0 Å². The van der Waals surface area contributed by atoms with Crippen LogP contribution in [0, 0.1) is 6.92 Å². The number of nitrogen functional groups attached to an aromatic ring is 1. The van der Waals surface area contributed by atoms with Gasteiger partial charge in [0.05, 0.1) is 0 Å². The second-order valence-electron chi connectivity index (χ2n) is 6.03. The number of anilines is 2. The molecule has 2 heterocycles. The lowest BCUT2D eigenvalue weighted by Crippen LogP contribution is -2.45. The highest BCUT2D eigenvalue weighted by Crippen LogP contribution is 2.22. The normalized spacial score (nSPS) is 16.0. The molecule has 1 aromatic carbocycles. The first-order valence-corrected chi connectivity index (χ1v) is 7.72. The predicted molar refractivity (Wildman–Crippen MR) is 90.1 cm³/mol. The van der Waals surface area contributed by atoms with Crippen LogP contribution in [0.3, 0.4) is 0 Å². The third kappa shape index (κ3) is 3.36. The van der Waals surface area contributed by atoms with Crippen LogP contribution < -0.4 is 10.6 Å². The minimum atomic E-state index is 0.349. The van der Waals surface area contributed by atoms with E-state index in [4.69, 9.17) is 5.73 Å². The number of hydrogen-bond acceptors (Lipinski definition) is 5. The fraction of sp³-hybridized carbons (Fsp3) is 0.412. The molecular weight excluding hydrogens is 274 g/mol. The van der Waals surface area contributed by atoms with Gasteiger partial charge in [-0.1, -0.05) is 29.8 Å². The smallest absolute Gasteiger partial charge is 0.221 e. The fourth-order valence-electron chi connectivity index (χ4n) is 2.75. The van der Waals surface area contributed by atoms with Gasteiger partial charge in [-0.25, -0.2) is 4.98 Å². The lowest BCUT2D eigenvalue weighted by atomic mass is 10.0.